The molecule has 0 saturated carbocycles. The summed E-state index contributed by atoms with van der Waals surface area (Å²) >= 11 is 5.61. The van der Waals surface area contributed by atoms with Crippen molar-refractivity contribution >= 4 is 23.5 Å². The number of nitrogens with one attached hydrogen (secondary N) is 1. The van der Waals surface area contributed by atoms with Crippen LogP contribution in [0.4, 0.5) is 4.39 Å². The van der Waals surface area contributed by atoms with Crippen LogP contribution in [0.1, 0.15) is 26.3 Å². The molecule has 1 amide bonds. The lowest BCUT2D eigenvalue weighted by molar-refractivity contribution is 0.0696. The van der Waals surface area contributed by atoms with Crippen LogP contribution in [0.15, 0.2) is 42.5 Å². The lowest BCUT2D eigenvalue weighted by atomic mass is 10.1. The highest BCUT2D eigenvalue weighted by Gasteiger charge is 2.09. The quantitative estimate of drug-likeness (QED) is 0.912. The highest BCUT2D eigenvalue weighted by atomic mass is 35.5. The van der Waals surface area contributed by atoms with E-state index < -0.39 is 11.8 Å². The van der Waals surface area contributed by atoms with Crippen LogP contribution in [0.2, 0.25) is 5.02 Å². The minimum Gasteiger partial charge on any atom is -0.478 e. The Labute approximate surface area is 125 Å². The molecule has 4 nitrogen and oxygen atoms in total. The van der Waals surface area contributed by atoms with Crippen LogP contribution in [0.25, 0.3) is 0 Å². The van der Waals surface area contributed by atoms with Crippen molar-refractivity contribution in [1.82, 2.24) is 5.32 Å². The molecule has 0 saturated heterocycles. The van der Waals surface area contributed by atoms with Crippen LogP contribution in [-0.4, -0.2) is 17.0 Å². The Morgan fingerprint density at radius 3 is 2.29 bits per heavy atom. The Morgan fingerprint density at radius 1 is 1.10 bits per heavy atom. The molecule has 0 unspecified atom stereocenters. The van der Waals surface area contributed by atoms with Gasteiger partial charge in [-0.15, -0.1) is 0 Å². The first-order valence-electron chi connectivity index (χ1n) is 6.03. The van der Waals surface area contributed by atoms with E-state index in [1.165, 1.54) is 24.3 Å². The predicted molar refractivity (Wildman–Crippen MR) is 76.0 cm³/mol. The average molecular weight is 308 g/mol. The molecule has 0 fully saturated rings. The molecule has 2 aromatic rings. The van der Waals surface area contributed by atoms with Crippen molar-refractivity contribution in [3.63, 3.8) is 0 Å². The van der Waals surface area contributed by atoms with Gasteiger partial charge in [0.2, 0.25) is 0 Å². The van der Waals surface area contributed by atoms with Crippen molar-refractivity contribution in [3.8, 4) is 0 Å². The maximum atomic E-state index is 13.0. The Hall–Kier alpha value is -2.40. The summed E-state index contributed by atoms with van der Waals surface area (Å²) in [5, 5.41) is 11.3. The first-order chi connectivity index (χ1) is 9.97. The number of halogens is 2. The van der Waals surface area contributed by atoms with Gasteiger partial charge in [0.15, 0.2) is 0 Å². The molecule has 2 N–H and O–H groups in total. The van der Waals surface area contributed by atoms with E-state index in [0.717, 1.165) is 11.6 Å². The lowest BCUT2D eigenvalue weighted by Gasteiger charge is -2.06. The smallest absolute Gasteiger partial charge is 0.335 e. The van der Waals surface area contributed by atoms with Gasteiger partial charge in [-0.25, -0.2) is 9.18 Å². The Kier molecular flexibility index (Phi) is 4.55. The summed E-state index contributed by atoms with van der Waals surface area (Å²) in [6, 6.07) is 9.85. The largest absolute Gasteiger partial charge is 0.478 e. The average Bonchev–Trinajstić information content (AvgIpc) is 2.48. The number of carbonyl (C=O) groups excluding carboxylic acids is 1. The molecule has 0 aliphatic rings. The third-order valence-corrected chi connectivity index (χ3v) is 3.13. The third kappa shape index (κ3) is 3.79. The van der Waals surface area contributed by atoms with Gasteiger partial charge >= 0.3 is 5.97 Å². The van der Waals surface area contributed by atoms with Gasteiger partial charge in [0, 0.05) is 12.1 Å². The van der Waals surface area contributed by atoms with Crippen LogP contribution in [0.3, 0.4) is 0 Å². The van der Waals surface area contributed by atoms with Gasteiger partial charge in [-0.3, -0.25) is 4.79 Å². The van der Waals surface area contributed by atoms with Gasteiger partial charge in [0.25, 0.3) is 5.91 Å². The SMILES string of the molecule is O=C(O)c1ccc(CNC(=O)c2ccc(F)c(Cl)c2)cc1. The Bertz CT molecular complexity index is 686. The second kappa shape index (κ2) is 6.37. The third-order valence-electron chi connectivity index (χ3n) is 2.84. The molecule has 2 rings (SSSR count). The molecule has 0 aromatic heterocycles. The van der Waals surface area contributed by atoms with E-state index in [2.05, 4.69) is 5.32 Å². The molecule has 0 aliphatic heterocycles. The fourth-order valence-electron chi connectivity index (χ4n) is 1.69. The molecular formula is C15H11ClFNO3. The summed E-state index contributed by atoms with van der Waals surface area (Å²) < 4.78 is 13.0. The number of carbonyl (C=O) groups is 2. The maximum Gasteiger partial charge on any atom is 0.335 e. The summed E-state index contributed by atoms with van der Waals surface area (Å²) in [6.45, 7) is 0.230. The van der Waals surface area contributed by atoms with Crippen LogP contribution >= 0.6 is 11.6 Å². The summed E-state index contributed by atoms with van der Waals surface area (Å²) in [5.74, 6) is -1.98. The molecular weight excluding hydrogens is 297 g/mol. The number of benzene rings is 2. The molecule has 0 aliphatic carbocycles. The van der Waals surface area contributed by atoms with E-state index >= 15 is 0 Å². The van der Waals surface area contributed by atoms with Crippen LogP contribution in [-0.2, 0) is 6.54 Å². The second-order valence-corrected chi connectivity index (χ2v) is 4.72. The van der Waals surface area contributed by atoms with E-state index in [-0.39, 0.29) is 28.6 Å². The van der Waals surface area contributed by atoms with Crippen molar-refractivity contribution < 1.29 is 19.1 Å². The van der Waals surface area contributed by atoms with Crippen LogP contribution < -0.4 is 5.32 Å². The second-order valence-electron chi connectivity index (χ2n) is 4.31. The molecule has 21 heavy (non-hydrogen) atoms. The fraction of sp³-hybridized carbons (Fsp3) is 0.0667. The number of rotatable bonds is 4. The monoisotopic (exact) mass is 307 g/mol. The Balaban J connectivity index is 2.00. The highest BCUT2D eigenvalue weighted by molar-refractivity contribution is 6.31. The van der Waals surface area contributed by atoms with Crippen molar-refractivity contribution in [2.75, 3.05) is 0 Å². The molecule has 108 valence electrons. The normalized spacial score (nSPS) is 10.2. The number of carboxylic acids is 1. The molecule has 0 atom stereocenters. The van der Waals surface area contributed by atoms with Gasteiger partial charge < -0.3 is 10.4 Å². The van der Waals surface area contributed by atoms with Crippen molar-refractivity contribution in [1.29, 1.82) is 0 Å². The first kappa shape index (κ1) is 15.0. The van der Waals surface area contributed by atoms with E-state index in [4.69, 9.17) is 16.7 Å². The van der Waals surface area contributed by atoms with E-state index in [9.17, 15) is 14.0 Å². The van der Waals surface area contributed by atoms with E-state index in [1.807, 2.05) is 0 Å². The minimum absolute atomic E-state index is 0.117. The van der Waals surface area contributed by atoms with Gasteiger partial charge in [0.1, 0.15) is 5.82 Å². The zero-order chi connectivity index (χ0) is 15.4. The summed E-state index contributed by atoms with van der Waals surface area (Å²) in [7, 11) is 0. The topological polar surface area (TPSA) is 66.4 Å². The van der Waals surface area contributed by atoms with Crippen molar-refractivity contribution in [2.24, 2.45) is 0 Å². The van der Waals surface area contributed by atoms with Crippen molar-refractivity contribution in [3.05, 3.63) is 70.0 Å². The van der Waals surface area contributed by atoms with E-state index in [1.54, 1.807) is 12.1 Å². The van der Waals surface area contributed by atoms with Gasteiger partial charge in [-0.2, -0.15) is 0 Å². The molecule has 0 heterocycles. The zero-order valence-corrected chi connectivity index (χ0v) is 11.5. The number of carboxylic acid groups (broad SMARTS) is 1. The fourth-order valence-corrected chi connectivity index (χ4v) is 1.87. The number of aromatic carboxylic acids is 1. The summed E-state index contributed by atoms with van der Waals surface area (Å²) in [4.78, 5) is 22.6. The van der Waals surface area contributed by atoms with Crippen LogP contribution in [0, 0.1) is 5.82 Å². The molecule has 2 aromatic carbocycles. The zero-order valence-electron chi connectivity index (χ0n) is 10.8. The maximum absolute atomic E-state index is 13.0. The van der Waals surface area contributed by atoms with Crippen LogP contribution in [0.5, 0.6) is 0 Å². The molecule has 6 heteroatoms. The van der Waals surface area contributed by atoms with Gasteiger partial charge in [-0.1, -0.05) is 23.7 Å². The molecule has 0 radical (unpaired) electrons. The first-order valence-corrected chi connectivity index (χ1v) is 6.40. The minimum atomic E-state index is -1.01. The predicted octanol–water partition coefficient (Wildman–Crippen LogP) is 3.11. The molecule has 0 bridgehead atoms. The molecule has 0 spiro atoms. The Morgan fingerprint density at radius 2 is 1.71 bits per heavy atom. The number of amides is 1. The highest BCUT2D eigenvalue weighted by Crippen LogP contribution is 2.16. The number of hydrogen-bond donors (Lipinski definition) is 2. The standard InChI is InChI=1S/C15H11ClFNO3/c16-12-7-11(5-6-13(12)17)14(19)18-8-9-1-3-10(4-2-9)15(20)21/h1-7H,8H2,(H,18,19)(H,20,21). The van der Waals surface area contributed by atoms with Gasteiger partial charge in [-0.05, 0) is 35.9 Å². The summed E-state index contributed by atoms with van der Waals surface area (Å²) in [6.07, 6.45) is 0. The summed E-state index contributed by atoms with van der Waals surface area (Å²) in [5.41, 5.74) is 1.18. The van der Waals surface area contributed by atoms with Crippen molar-refractivity contribution in [2.45, 2.75) is 6.54 Å². The van der Waals surface area contributed by atoms with Gasteiger partial charge in [0.05, 0.1) is 10.6 Å². The number of hydrogen-bond acceptors (Lipinski definition) is 2. The lowest BCUT2D eigenvalue weighted by Crippen LogP contribution is -2.22. The van der Waals surface area contributed by atoms with E-state index in [0.29, 0.717) is 0 Å².